The molecule has 402 valence electrons. The molecule has 0 bridgehead atoms. The van der Waals surface area contributed by atoms with Crippen molar-refractivity contribution in [1.29, 1.82) is 0 Å². The second-order valence-electron chi connectivity index (χ2n) is 19.2. The number of rotatable bonds is 49. The van der Waals surface area contributed by atoms with E-state index in [1.54, 1.807) is 0 Å². The van der Waals surface area contributed by atoms with E-state index < -0.39 is 24.3 Å². The van der Waals surface area contributed by atoms with Gasteiger partial charge in [0.15, 0.2) is 6.10 Å². The van der Waals surface area contributed by atoms with Gasteiger partial charge in [-0.25, -0.2) is 4.79 Å². The lowest BCUT2D eigenvalue weighted by molar-refractivity contribution is -0.870. The van der Waals surface area contributed by atoms with Crippen LogP contribution in [0.4, 0.5) is 0 Å². The van der Waals surface area contributed by atoms with Gasteiger partial charge in [0, 0.05) is 12.8 Å². The SMILES string of the molecule is CC/C=C\C/C=C\C/C=C\C/C=C\C/C=C\C/C=C\C/C=C\C/C=C\C/C=C\C/C=C\CCCCC(=O)OC(COC(=O)CCCCCCCCCCCCCCC)COC(OCC[N+](C)(C)C)C(=O)O. The quantitative estimate of drug-likeness (QED) is 0.0211. The lowest BCUT2D eigenvalue weighted by atomic mass is 10.0. The Kier molecular flexibility index (Phi) is 48.9. The number of quaternary nitrogens is 1. The molecule has 0 heterocycles. The summed E-state index contributed by atoms with van der Waals surface area (Å²) in [5.41, 5.74) is 0. The van der Waals surface area contributed by atoms with E-state index in [4.69, 9.17) is 18.9 Å². The number of carboxylic acids is 1. The fourth-order valence-electron chi connectivity index (χ4n) is 6.98. The van der Waals surface area contributed by atoms with Crippen molar-refractivity contribution in [3.63, 3.8) is 0 Å². The number of nitrogens with zero attached hydrogens (tertiary/aromatic N) is 1. The van der Waals surface area contributed by atoms with Gasteiger partial charge < -0.3 is 28.5 Å². The summed E-state index contributed by atoms with van der Waals surface area (Å²) >= 11 is 0. The second-order valence-corrected chi connectivity index (χ2v) is 19.2. The van der Waals surface area contributed by atoms with Crippen LogP contribution in [0.15, 0.2) is 122 Å². The van der Waals surface area contributed by atoms with E-state index in [1.807, 2.05) is 21.1 Å². The number of allylic oxidation sites excluding steroid dienone is 20. The second kappa shape index (κ2) is 52.0. The molecular formula is C62H102NO8+. The van der Waals surface area contributed by atoms with Crippen molar-refractivity contribution >= 4 is 17.9 Å². The Balaban J connectivity index is 4.36. The van der Waals surface area contributed by atoms with Crippen LogP contribution in [0.5, 0.6) is 0 Å². The number of carbonyl (C=O) groups excluding carboxylic acids is 2. The number of carbonyl (C=O) groups is 3. The minimum atomic E-state index is -1.53. The zero-order valence-corrected chi connectivity index (χ0v) is 45.6. The summed E-state index contributed by atoms with van der Waals surface area (Å²) in [6.45, 7) is 4.69. The number of hydrogen-bond donors (Lipinski definition) is 1. The Hall–Kier alpha value is -4.31. The van der Waals surface area contributed by atoms with Crippen molar-refractivity contribution in [2.75, 3.05) is 47.5 Å². The van der Waals surface area contributed by atoms with Gasteiger partial charge in [-0.15, -0.1) is 0 Å². The van der Waals surface area contributed by atoms with Gasteiger partial charge in [-0.05, 0) is 89.9 Å². The van der Waals surface area contributed by atoms with E-state index in [2.05, 4.69) is 135 Å². The topological polar surface area (TPSA) is 108 Å². The van der Waals surface area contributed by atoms with Gasteiger partial charge in [0.25, 0.3) is 6.29 Å². The third-order valence-corrected chi connectivity index (χ3v) is 11.2. The fraction of sp³-hybridized carbons (Fsp3) is 0.629. The maximum absolute atomic E-state index is 12.8. The Morgan fingerprint density at radius 3 is 1.20 bits per heavy atom. The van der Waals surface area contributed by atoms with Crippen LogP contribution in [0, 0.1) is 0 Å². The highest BCUT2D eigenvalue weighted by atomic mass is 16.7. The lowest BCUT2D eigenvalue weighted by Crippen LogP contribution is -2.40. The number of aliphatic carboxylic acids is 1. The summed E-state index contributed by atoms with van der Waals surface area (Å²) in [6, 6.07) is 0. The van der Waals surface area contributed by atoms with E-state index in [-0.39, 0.29) is 38.6 Å². The molecule has 0 fully saturated rings. The van der Waals surface area contributed by atoms with Crippen molar-refractivity contribution in [3.8, 4) is 0 Å². The predicted molar refractivity (Wildman–Crippen MR) is 299 cm³/mol. The van der Waals surface area contributed by atoms with Crippen LogP contribution in [0.1, 0.15) is 194 Å². The van der Waals surface area contributed by atoms with Crippen molar-refractivity contribution in [2.45, 2.75) is 206 Å². The molecule has 9 nitrogen and oxygen atoms in total. The molecule has 9 heteroatoms. The molecule has 0 aromatic rings. The summed E-state index contributed by atoms with van der Waals surface area (Å²) < 4.78 is 22.7. The number of hydrogen-bond acceptors (Lipinski definition) is 7. The first-order chi connectivity index (χ1) is 34.6. The van der Waals surface area contributed by atoms with Crippen LogP contribution in [-0.2, 0) is 33.3 Å². The first-order valence-corrected chi connectivity index (χ1v) is 27.7. The summed E-state index contributed by atoms with van der Waals surface area (Å²) in [5.74, 6) is -2.08. The molecule has 0 rings (SSSR count). The van der Waals surface area contributed by atoms with Gasteiger partial charge in [-0.2, -0.15) is 0 Å². The molecule has 0 radical (unpaired) electrons. The molecule has 0 saturated carbocycles. The highest BCUT2D eigenvalue weighted by Crippen LogP contribution is 2.14. The van der Waals surface area contributed by atoms with Crippen LogP contribution < -0.4 is 0 Å². The molecule has 2 unspecified atom stereocenters. The highest BCUT2D eigenvalue weighted by Gasteiger charge is 2.25. The van der Waals surface area contributed by atoms with Gasteiger partial charge >= 0.3 is 17.9 Å². The average molecular weight is 989 g/mol. The molecule has 0 aliphatic heterocycles. The minimum Gasteiger partial charge on any atom is -0.477 e. The summed E-state index contributed by atoms with van der Waals surface area (Å²) in [6.07, 6.45) is 69.9. The number of carboxylic acid groups (broad SMARTS) is 1. The molecule has 2 atom stereocenters. The van der Waals surface area contributed by atoms with E-state index in [0.717, 1.165) is 96.3 Å². The van der Waals surface area contributed by atoms with Crippen molar-refractivity contribution in [3.05, 3.63) is 122 Å². The maximum Gasteiger partial charge on any atom is 0.361 e. The molecule has 0 aromatic heterocycles. The molecule has 0 amide bonds. The normalized spacial score (nSPS) is 13.8. The first-order valence-electron chi connectivity index (χ1n) is 27.7. The van der Waals surface area contributed by atoms with Gasteiger partial charge in [0.2, 0.25) is 0 Å². The summed E-state index contributed by atoms with van der Waals surface area (Å²) in [7, 11) is 5.94. The number of ether oxygens (including phenoxy) is 4. The summed E-state index contributed by atoms with van der Waals surface area (Å²) in [5, 5.41) is 9.67. The molecule has 0 aromatic carbocycles. The third-order valence-electron chi connectivity index (χ3n) is 11.2. The van der Waals surface area contributed by atoms with E-state index in [0.29, 0.717) is 17.4 Å². The van der Waals surface area contributed by atoms with Gasteiger partial charge in [0.05, 0.1) is 34.4 Å². The van der Waals surface area contributed by atoms with Crippen molar-refractivity contribution < 1.29 is 42.9 Å². The van der Waals surface area contributed by atoms with E-state index >= 15 is 0 Å². The average Bonchev–Trinajstić information content (AvgIpc) is 3.34. The van der Waals surface area contributed by atoms with Gasteiger partial charge in [0.1, 0.15) is 13.2 Å². The Morgan fingerprint density at radius 1 is 0.437 bits per heavy atom. The predicted octanol–water partition coefficient (Wildman–Crippen LogP) is 16.1. The lowest BCUT2D eigenvalue weighted by Gasteiger charge is -2.25. The van der Waals surface area contributed by atoms with Gasteiger partial charge in [-0.1, -0.05) is 212 Å². The molecule has 0 aliphatic rings. The zero-order chi connectivity index (χ0) is 52.0. The minimum absolute atomic E-state index is 0.173. The van der Waals surface area contributed by atoms with Crippen LogP contribution in [-0.4, -0.2) is 87.4 Å². The smallest absolute Gasteiger partial charge is 0.361 e. The Labute approximate surface area is 434 Å². The molecular weight excluding hydrogens is 887 g/mol. The van der Waals surface area contributed by atoms with Gasteiger partial charge in [-0.3, -0.25) is 9.59 Å². The Bertz CT molecular complexity index is 1570. The first kappa shape index (κ1) is 66.7. The highest BCUT2D eigenvalue weighted by molar-refractivity contribution is 5.71. The van der Waals surface area contributed by atoms with Crippen LogP contribution in [0.25, 0.3) is 0 Å². The third kappa shape index (κ3) is 53.3. The Morgan fingerprint density at radius 2 is 0.803 bits per heavy atom. The number of esters is 2. The number of likely N-dealkylation sites (N-methyl/N-ethyl adjacent to an activating group) is 1. The fourth-order valence-corrected chi connectivity index (χ4v) is 6.98. The molecule has 0 saturated heterocycles. The molecule has 1 N–H and O–H groups in total. The van der Waals surface area contributed by atoms with Crippen LogP contribution >= 0.6 is 0 Å². The summed E-state index contributed by atoms with van der Waals surface area (Å²) in [4.78, 5) is 37.3. The van der Waals surface area contributed by atoms with E-state index in [9.17, 15) is 19.5 Å². The molecule has 0 spiro atoms. The van der Waals surface area contributed by atoms with Crippen LogP contribution in [0.2, 0.25) is 0 Å². The standard InChI is InChI=1S/C62H101NO8/c1-6-8-10-12-14-16-18-20-21-22-23-24-25-26-27-28-29-30-31-32-33-34-35-36-37-38-39-41-43-45-47-49-51-53-60(65)71-58(57-70-62(61(66)67)68-55-54-63(3,4)5)56-69-59(64)52-50-48-46-44-42-40-19-17-15-13-11-9-7-2/h8,10,14,16,20-21,23-24,26-27,29-30,32-33,35-36,38-39,43,45,58,62H,6-7,9,11-13,15,17-19,22,25,28,31,34,37,40-42,44,46-57H2,1-5H3/p+1/b10-8-,16-14-,21-20-,24-23-,27-26-,30-29-,33-32-,36-35-,39-38-,45-43-. The molecule has 0 aliphatic carbocycles. The maximum atomic E-state index is 12.8. The van der Waals surface area contributed by atoms with Crippen molar-refractivity contribution in [1.82, 2.24) is 0 Å². The molecule has 71 heavy (non-hydrogen) atoms. The largest absolute Gasteiger partial charge is 0.477 e. The van der Waals surface area contributed by atoms with Crippen LogP contribution in [0.3, 0.4) is 0 Å². The van der Waals surface area contributed by atoms with E-state index in [1.165, 1.54) is 64.2 Å². The zero-order valence-electron chi connectivity index (χ0n) is 45.6. The van der Waals surface area contributed by atoms with Crippen molar-refractivity contribution in [2.24, 2.45) is 0 Å². The number of unbranched alkanes of at least 4 members (excludes halogenated alkanes) is 14. The monoisotopic (exact) mass is 989 g/mol.